The molecule has 0 saturated heterocycles. The number of nitrogens with two attached hydrogens (primary N) is 1. The molecule has 11 heteroatoms. The number of carboxylic acid groups (broad SMARTS) is 1. The number of nitrogens with zero attached hydrogens (tertiary/aromatic N) is 2. The summed E-state index contributed by atoms with van der Waals surface area (Å²) < 4.78 is 1.72. The van der Waals surface area contributed by atoms with Crippen molar-refractivity contribution < 1.29 is 24.3 Å². The van der Waals surface area contributed by atoms with E-state index in [1.54, 1.807) is 24.1 Å². The molecule has 0 fully saturated rings. The Morgan fingerprint density at radius 3 is 2.50 bits per heavy atom. The Bertz CT molecular complexity index is 663. The van der Waals surface area contributed by atoms with Gasteiger partial charge in [0.1, 0.15) is 12.1 Å². The van der Waals surface area contributed by atoms with Gasteiger partial charge in [0, 0.05) is 51.0 Å². The molecule has 0 aliphatic rings. The highest BCUT2D eigenvalue weighted by atomic mass is 32.2. The van der Waals surface area contributed by atoms with Crippen LogP contribution in [-0.2, 0) is 32.6 Å². The molecule has 26 heavy (non-hydrogen) atoms. The number of aliphatic carboxylic acids is 1. The summed E-state index contributed by atoms with van der Waals surface area (Å²) in [6.45, 7) is 1.34. The fourth-order valence-electron chi connectivity index (χ4n) is 2.07. The predicted octanol–water partition coefficient (Wildman–Crippen LogP) is -1.35. The maximum atomic E-state index is 12.5. The Morgan fingerprint density at radius 1 is 1.31 bits per heavy atom. The molecule has 2 amide bonds. The second-order valence-corrected chi connectivity index (χ2v) is 6.60. The molecule has 0 aliphatic heterocycles. The first-order chi connectivity index (χ1) is 12.2. The molecule has 0 spiro atoms. The molecule has 1 heterocycles. The van der Waals surface area contributed by atoms with E-state index >= 15 is 0 Å². The van der Waals surface area contributed by atoms with Crippen molar-refractivity contribution in [3.05, 3.63) is 18.2 Å². The molecule has 0 bridgehead atoms. The number of rotatable bonds is 10. The van der Waals surface area contributed by atoms with Gasteiger partial charge in [0.05, 0.1) is 6.33 Å². The fraction of sp³-hybridized carbons (Fsp3) is 0.533. The maximum Gasteiger partial charge on any atom is 0.327 e. The highest BCUT2D eigenvalue weighted by molar-refractivity contribution is 8.13. The van der Waals surface area contributed by atoms with E-state index in [4.69, 9.17) is 10.8 Å². The highest BCUT2D eigenvalue weighted by Crippen LogP contribution is 2.13. The lowest BCUT2D eigenvalue weighted by Crippen LogP contribution is -2.44. The quantitative estimate of drug-likeness (QED) is 0.385. The van der Waals surface area contributed by atoms with Crippen LogP contribution in [0.15, 0.2) is 12.5 Å². The van der Waals surface area contributed by atoms with Crippen molar-refractivity contribution in [3.63, 3.8) is 0 Å². The molecule has 2 unspecified atom stereocenters. The molecule has 1 rings (SSSR count). The summed E-state index contributed by atoms with van der Waals surface area (Å²) in [6, 6.07) is -2.06. The zero-order valence-corrected chi connectivity index (χ0v) is 15.4. The van der Waals surface area contributed by atoms with Crippen LogP contribution in [0.5, 0.6) is 0 Å². The zero-order chi connectivity index (χ0) is 19.7. The van der Waals surface area contributed by atoms with Gasteiger partial charge < -0.3 is 26.0 Å². The van der Waals surface area contributed by atoms with Crippen molar-refractivity contribution in [2.24, 2.45) is 12.8 Å². The minimum absolute atomic E-state index is 0.0729. The van der Waals surface area contributed by atoms with Crippen LogP contribution >= 0.6 is 11.8 Å². The summed E-state index contributed by atoms with van der Waals surface area (Å²) in [7, 11) is 1.76. The molecule has 1 aromatic rings. The van der Waals surface area contributed by atoms with Crippen molar-refractivity contribution in [2.75, 3.05) is 12.3 Å². The van der Waals surface area contributed by atoms with Gasteiger partial charge in [-0.1, -0.05) is 11.8 Å². The number of nitrogens with one attached hydrogen (secondary N) is 2. The molecule has 10 nitrogen and oxygen atoms in total. The molecule has 144 valence electrons. The van der Waals surface area contributed by atoms with Gasteiger partial charge in [-0.3, -0.25) is 14.4 Å². The Balaban J connectivity index is 2.78. The van der Waals surface area contributed by atoms with Crippen LogP contribution in [0.25, 0.3) is 0 Å². The van der Waals surface area contributed by atoms with E-state index in [0.29, 0.717) is 0 Å². The number of aromatic nitrogens is 2. The van der Waals surface area contributed by atoms with Crippen LogP contribution < -0.4 is 16.4 Å². The van der Waals surface area contributed by atoms with Crippen LogP contribution in [0, 0.1) is 0 Å². The highest BCUT2D eigenvalue weighted by Gasteiger charge is 2.26. The van der Waals surface area contributed by atoms with Crippen molar-refractivity contribution in [1.82, 2.24) is 20.2 Å². The lowest BCUT2D eigenvalue weighted by Gasteiger charge is -2.19. The molecule has 0 aliphatic carbocycles. The summed E-state index contributed by atoms with van der Waals surface area (Å²) >= 11 is 0.741. The van der Waals surface area contributed by atoms with E-state index in [9.17, 15) is 19.2 Å². The van der Waals surface area contributed by atoms with E-state index in [1.807, 2.05) is 0 Å². The Morgan fingerprint density at radius 2 is 2.00 bits per heavy atom. The molecule has 2 atom stereocenters. The average Bonchev–Trinajstić information content (AvgIpc) is 2.95. The number of amides is 2. The number of hydrogen-bond donors (Lipinski definition) is 4. The lowest BCUT2D eigenvalue weighted by molar-refractivity contribution is -0.140. The minimum Gasteiger partial charge on any atom is -0.480 e. The van der Waals surface area contributed by atoms with Gasteiger partial charge in [-0.15, -0.1) is 0 Å². The lowest BCUT2D eigenvalue weighted by atomic mass is 10.1. The Labute approximate surface area is 154 Å². The van der Waals surface area contributed by atoms with Crippen LogP contribution in [0.1, 0.15) is 19.0 Å². The predicted molar refractivity (Wildman–Crippen MR) is 95.2 cm³/mol. The van der Waals surface area contributed by atoms with Gasteiger partial charge >= 0.3 is 5.97 Å². The van der Waals surface area contributed by atoms with Crippen LogP contribution in [0.2, 0.25) is 0 Å². The van der Waals surface area contributed by atoms with Crippen molar-refractivity contribution in [1.29, 1.82) is 0 Å². The summed E-state index contributed by atoms with van der Waals surface area (Å²) in [5, 5.41) is 13.6. The summed E-state index contributed by atoms with van der Waals surface area (Å²) in [5.74, 6) is -2.27. The smallest absolute Gasteiger partial charge is 0.327 e. The molecule has 0 aromatic carbocycles. The number of carboxylic acids is 1. The van der Waals surface area contributed by atoms with Crippen molar-refractivity contribution in [3.8, 4) is 0 Å². The number of thioether (sulfide) groups is 1. The van der Waals surface area contributed by atoms with Crippen LogP contribution in [-0.4, -0.2) is 61.9 Å². The van der Waals surface area contributed by atoms with Gasteiger partial charge in [-0.05, 0) is 0 Å². The van der Waals surface area contributed by atoms with Crippen molar-refractivity contribution >= 4 is 34.7 Å². The SMILES string of the molecule is CC(=O)NC(CSC(=O)C(Cc1cncn1C)NC(=O)CCN)C(=O)O. The summed E-state index contributed by atoms with van der Waals surface area (Å²) in [5.41, 5.74) is 6.08. The molecule has 0 saturated carbocycles. The summed E-state index contributed by atoms with van der Waals surface area (Å²) in [6.07, 6.45) is 3.43. The Hall–Kier alpha value is -2.40. The second kappa shape index (κ2) is 10.6. The van der Waals surface area contributed by atoms with Gasteiger partial charge in [-0.25, -0.2) is 9.78 Å². The number of imidazole rings is 1. The Kier molecular flexibility index (Phi) is 8.79. The van der Waals surface area contributed by atoms with E-state index in [-0.39, 0.29) is 31.0 Å². The molecular weight excluding hydrogens is 362 g/mol. The molecular formula is C15H23N5O5S. The second-order valence-electron chi connectivity index (χ2n) is 5.58. The largest absolute Gasteiger partial charge is 0.480 e. The third-order valence-electron chi connectivity index (χ3n) is 3.39. The first-order valence-electron chi connectivity index (χ1n) is 7.85. The van der Waals surface area contributed by atoms with Gasteiger partial charge in [0.25, 0.3) is 0 Å². The summed E-state index contributed by atoms with van der Waals surface area (Å²) in [4.78, 5) is 50.5. The van der Waals surface area contributed by atoms with E-state index in [2.05, 4.69) is 15.6 Å². The monoisotopic (exact) mass is 385 g/mol. The molecule has 0 radical (unpaired) electrons. The number of hydrogen-bond acceptors (Lipinski definition) is 7. The van der Waals surface area contributed by atoms with E-state index in [1.165, 1.54) is 6.92 Å². The van der Waals surface area contributed by atoms with E-state index in [0.717, 1.165) is 17.5 Å². The first-order valence-corrected chi connectivity index (χ1v) is 8.84. The standard InChI is InChI=1S/C15H23N5O5S/c1-9(21)18-12(14(23)24)7-26-15(25)11(19-13(22)3-4-16)5-10-6-17-8-20(10)2/h6,8,11-12H,3-5,7,16H2,1-2H3,(H,18,21)(H,19,22)(H,23,24). The van der Waals surface area contributed by atoms with Gasteiger partial charge in [0.15, 0.2) is 0 Å². The maximum absolute atomic E-state index is 12.5. The van der Waals surface area contributed by atoms with Crippen LogP contribution in [0.3, 0.4) is 0 Å². The molecule has 5 N–H and O–H groups in total. The number of carbonyl (C=O) groups excluding carboxylic acids is 3. The van der Waals surface area contributed by atoms with Gasteiger partial charge in [-0.2, -0.15) is 0 Å². The number of carbonyl (C=O) groups is 4. The zero-order valence-electron chi connectivity index (χ0n) is 14.6. The van der Waals surface area contributed by atoms with E-state index < -0.39 is 29.1 Å². The first kappa shape index (κ1) is 21.6. The average molecular weight is 385 g/mol. The topological polar surface area (TPSA) is 156 Å². The van der Waals surface area contributed by atoms with Crippen molar-refractivity contribution in [2.45, 2.75) is 31.8 Å². The van der Waals surface area contributed by atoms with Gasteiger partial charge in [0.2, 0.25) is 16.9 Å². The van der Waals surface area contributed by atoms with Crippen LogP contribution in [0.4, 0.5) is 0 Å². The third-order valence-corrected chi connectivity index (χ3v) is 4.46. The third kappa shape index (κ3) is 7.23. The number of aryl methyl sites for hydroxylation is 1. The fourth-order valence-corrected chi connectivity index (χ4v) is 2.97. The molecule has 1 aromatic heterocycles. The minimum atomic E-state index is -1.24. The normalized spacial score (nSPS) is 12.9.